The summed E-state index contributed by atoms with van der Waals surface area (Å²) in [7, 11) is 0. The molecule has 2 aromatic rings. The molecule has 4 rings (SSSR count). The number of fused-ring (bicyclic) bond motifs is 1. The van der Waals surface area contributed by atoms with E-state index < -0.39 is 0 Å². The average molecular weight is 275 g/mol. The highest BCUT2D eigenvalue weighted by molar-refractivity contribution is 6.19. The first kappa shape index (κ1) is 11.9. The van der Waals surface area contributed by atoms with Crippen LogP contribution in [0.3, 0.4) is 0 Å². The van der Waals surface area contributed by atoms with Gasteiger partial charge in [0.2, 0.25) is 0 Å². The molecule has 1 aromatic heterocycles. The molecule has 0 saturated heterocycles. The van der Waals surface area contributed by atoms with Crippen molar-refractivity contribution < 1.29 is 4.79 Å². The van der Waals surface area contributed by atoms with E-state index in [1.54, 1.807) is 0 Å². The SMILES string of the molecule is O=C1N=C2C=CC(c3ccc(-n4cccc4)cc3)C=C2N1. The van der Waals surface area contributed by atoms with Crippen LogP contribution >= 0.6 is 0 Å². The van der Waals surface area contributed by atoms with Crippen LogP contribution in [0.15, 0.2) is 77.7 Å². The van der Waals surface area contributed by atoms with E-state index in [9.17, 15) is 4.79 Å². The van der Waals surface area contributed by atoms with Gasteiger partial charge in [-0.25, -0.2) is 4.79 Å². The lowest BCUT2D eigenvalue weighted by Gasteiger charge is -2.15. The van der Waals surface area contributed by atoms with Gasteiger partial charge in [0.15, 0.2) is 0 Å². The Hall–Kier alpha value is -2.88. The number of carbonyl (C=O) groups is 1. The van der Waals surface area contributed by atoms with E-state index in [0.29, 0.717) is 0 Å². The highest BCUT2D eigenvalue weighted by Gasteiger charge is 2.22. The van der Waals surface area contributed by atoms with Gasteiger partial charge < -0.3 is 9.88 Å². The van der Waals surface area contributed by atoms with Gasteiger partial charge in [-0.2, -0.15) is 4.99 Å². The first-order chi connectivity index (χ1) is 10.3. The Balaban J connectivity index is 1.62. The summed E-state index contributed by atoms with van der Waals surface area (Å²) in [6.45, 7) is 0. The number of aromatic nitrogens is 1. The fraction of sp³-hybridized carbons (Fsp3) is 0.0588. The number of hydrogen-bond donors (Lipinski definition) is 1. The largest absolute Gasteiger partial charge is 0.346 e. The van der Waals surface area contributed by atoms with Gasteiger partial charge in [0.05, 0.1) is 11.4 Å². The molecule has 0 saturated carbocycles. The Kier molecular flexibility index (Phi) is 2.60. The molecular formula is C17H13N3O. The molecule has 1 aromatic carbocycles. The number of nitrogens with zero attached hydrogens (tertiary/aromatic N) is 2. The van der Waals surface area contributed by atoms with E-state index in [0.717, 1.165) is 17.1 Å². The molecule has 21 heavy (non-hydrogen) atoms. The topological polar surface area (TPSA) is 46.4 Å². The molecule has 4 nitrogen and oxygen atoms in total. The lowest BCUT2D eigenvalue weighted by molar-refractivity contribution is 0.253. The summed E-state index contributed by atoms with van der Waals surface area (Å²) in [5, 5.41) is 2.75. The second kappa shape index (κ2) is 4.59. The van der Waals surface area contributed by atoms with Gasteiger partial charge in [0.25, 0.3) is 0 Å². The van der Waals surface area contributed by atoms with E-state index in [-0.39, 0.29) is 11.9 Å². The molecule has 1 aliphatic carbocycles. The van der Waals surface area contributed by atoms with Gasteiger partial charge in [-0.3, -0.25) is 0 Å². The molecule has 1 N–H and O–H groups in total. The lowest BCUT2D eigenvalue weighted by Crippen LogP contribution is -2.16. The number of amides is 2. The van der Waals surface area contributed by atoms with E-state index in [4.69, 9.17) is 0 Å². The Labute approximate surface area is 122 Å². The fourth-order valence-corrected chi connectivity index (χ4v) is 2.64. The van der Waals surface area contributed by atoms with E-state index in [1.165, 1.54) is 5.56 Å². The Bertz CT molecular complexity index is 780. The van der Waals surface area contributed by atoms with Crippen molar-refractivity contribution >= 4 is 11.7 Å². The summed E-state index contributed by atoms with van der Waals surface area (Å²) in [5.41, 5.74) is 3.85. The molecule has 2 amide bonds. The summed E-state index contributed by atoms with van der Waals surface area (Å²) in [6, 6.07) is 12.1. The Morgan fingerprint density at radius 1 is 1.10 bits per heavy atom. The van der Waals surface area contributed by atoms with Crippen molar-refractivity contribution in [1.29, 1.82) is 0 Å². The van der Waals surface area contributed by atoms with Crippen LogP contribution in [-0.4, -0.2) is 16.3 Å². The molecular weight excluding hydrogens is 262 g/mol. The van der Waals surface area contributed by atoms with Gasteiger partial charge in [-0.05, 0) is 42.0 Å². The van der Waals surface area contributed by atoms with Crippen molar-refractivity contribution in [3.05, 3.63) is 78.3 Å². The average Bonchev–Trinajstić information content (AvgIpc) is 3.15. The van der Waals surface area contributed by atoms with Crippen molar-refractivity contribution in [3.63, 3.8) is 0 Å². The van der Waals surface area contributed by atoms with Gasteiger partial charge in [-0.15, -0.1) is 0 Å². The standard InChI is InChI=1S/C17H13N3O/c21-17-18-15-8-5-13(11-16(15)19-17)12-3-6-14(7-4-12)20-9-1-2-10-20/h1-11,13H,(H,19,21). The van der Waals surface area contributed by atoms with Crippen LogP contribution in [0.5, 0.6) is 0 Å². The molecule has 0 radical (unpaired) electrons. The number of allylic oxidation sites excluding steroid dienone is 3. The maximum absolute atomic E-state index is 11.3. The first-order valence-electron chi connectivity index (χ1n) is 6.83. The van der Waals surface area contributed by atoms with Crippen LogP contribution in [0, 0.1) is 0 Å². The van der Waals surface area contributed by atoms with Crippen molar-refractivity contribution in [2.45, 2.75) is 5.92 Å². The zero-order chi connectivity index (χ0) is 14.2. The highest BCUT2D eigenvalue weighted by Crippen LogP contribution is 2.26. The third-order valence-corrected chi connectivity index (χ3v) is 3.73. The molecule has 1 atom stereocenters. The van der Waals surface area contributed by atoms with Gasteiger partial charge >= 0.3 is 6.03 Å². The third kappa shape index (κ3) is 2.10. The van der Waals surface area contributed by atoms with Crippen LogP contribution < -0.4 is 5.32 Å². The summed E-state index contributed by atoms with van der Waals surface area (Å²) >= 11 is 0. The fourth-order valence-electron chi connectivity index (χ4n) is 2.64. The van der Waals surface area contributed by atoms with Gasteiger partial charge in [0, 0.05) is 24.0 Å². The first-order valence-corrected chi connectivity index (χ1v) is 6.83. The second-order valence-corrected chi connectivity index (χ2v) is 5.07. The lowest BCUT2D eigenvalue weighted by atomic mass is 9.92. The molecule has 2 heterocycles. The normalized spacial score (nSPS) is 19.8. The molecule has 0 fully saturated rings. The number of hydrogen-bond acceptors (Lipinski definition) is 1. The molecule has 2 aliphatic rings. The minimum atomic E-state index is -0.287. The maximum atomic E-state index is 11.3. The van der Waals surface area contributed by atoms with Crippen LogP contribution in [0.25, 0.3) is 5.69 Å². The van der Waals surface area contributed by atoms with Crippen LogP contribution in [0.4, 0.5) is 4.79 Å². The number of carbonyl (C=O) groups excluding carboxylic acids is 1. The van der Waals surface area contributed by atoms with Gasteiger partial charge in [-0.1, -0.05) is 18.2 Å². The van der Waals surface area contributed by atoms with E-state index in [1.807, 2.05) is 36.7 Å². The monoisotopic (exact) mass is 275 g/mol. The van der Waals surface area contributed by atoms with Crippen molar-refractivity contribution in [1.82, 2.24) is 9.88 Å². The highest BCUT2D eigenvalue weighted by atomic mass is 16.2. The summed E-state index contributed by atoms with van der Waals surface area (Å²) in [6.07, 6.45) is 10.0. The molecule has 1 unspecified atom stereocenters. The predicted octanol–water partition coefficient (Wildman–Crippen LogP) is 3.18. The molecule has 0 spiro atoms. The van der Waals surface area contributed by atoms with E-state index >= 15 is 0 Å². The number of nitrogens with one attached hydrogen (secondary N) is 1. The molecule has 102 valence electrons. The van der Waals surface area contributed by atoms with Crippen LogP contribution in [0.2, 0.25) is 0 Å². The third-order valence-electron chi connectivity index (χ3n) is 3.73. The summed E-state index contributed by atoms with van der Waals surface area (Å²) < 4.78 is 2.07. The number of rotatable bonds is 2. The smallest absolute Gasteiger partial charge is 0.324 e. The quantitative estimate of drug-likeness (QED) is 0.899. The van der Waals surface area contributed by atoms with Gasteiger partial charge in [0.1, 0.15) is 0 Å². The maximum Gasteiger partial charge on any atom is 0.346 e. The Morgan fingerprint density at radius 2 is 1.86 bits per heavy atom. The predicted molar refractivity (Wildman–Crippen MR) is 81.7 cm³/mol. The van der Waals surface area contributed by atoms with Crippen molar-refractivity contribution in [2.24, 2.45) is 4.99 Å². The summed E-state index contributed by atoms with van der Waals surface area (Å²) in [5.74, 6) is 0.163. The zero-order valence-corrected chi connectivity index (χ0v) is 11.2. The minimum absolute atomic E-state index is 0.163. The second-order valence-electron chi connectivity index (χ2n) is 5.07. The number of aliphatic imine (C=N–C) groups is 1. The number of urea groups is 1. The van der Waals surface area contributed by atoms with E-state index in [2.05, 4.69) is 45.2 Å². The van der Waals surface area contributed by atoms with Crippen molar-refractivity contribution in [2.75, 3.05) is 0 Å². The number of benzene rings is 1. The Morgan fingerprint density at radius 3 is 2.62 bits per heavy atom. The van der Waals surface area contributed by atoms with Crippen LogP contribution in [0.1, 0.15) is 11.5 Å². The minimum Gasteiger partial charge on any atom is -0.324 e. The zero-order valence-electron chi connectivity index (χ0n) is 11.2. The molecule has 1 aliphatic heterocycles. The van der Waals surface area contributed by atoms with Crippen LogP contribution in [-0.2, 0) is 0 Å². The van der Waals surface area contributed by atoms with Crippen molar-refractivity contribution in [3.8, 4) is 5.69 Å². The molecule has 0 bridgehead atoms. The summed E-state index contributed by atoms with van der Waals surface area (Å²) in [4.78, 5) is 15.1. The molecule has 4 heteroatoms.